The van der Waals surface area contributed by atoms with E-state index in [-0.39, 0.29) is 34.7 Å². The number of carbonyl (C=O) groups is 1. The van der Waals surface area contributed by atoms with Crippen molar-refractivity contribution in [3.63, 3.8) is 0 Å². The molecular formula is C24H26BrClN4O5S. The van der Waals surface area contributed by atoms with Gasteiger partial charge in [-0.1, -0.05) is 34.5 Å². The normalized spacial score (nSPS) is 16.5. The van der Waals surface area contributed by atoms with Gasteiger partial charge in [0.25, 0.3) is 5.56 Å². The Balaban J connectivity index is 1.68. The first kappa shape index (κ1) is 26.6. The fourth-order valence-corrected chi connectivity index (χ4v) is 6.28. The molecule has 0 aliphatic carbocycles. The predicted molar refractivity (Wildman–Crippen MR) is 142 cm³/mol. The summed E-state index contributed by atoms with van der Waals surface area (Å²) in [6.45, 7) is 4.90. The van der Waals surface area contributed by atoms with Gasteiger partial charge in [-0.2, -0.15) is 0 Å². The van der Waals surface area contributed by atoms with Crippen LogP contribution >= 0.6 is 27.5 Å². The monoisotopic (exact) mass is 596 g/mol. The minimum atomic E-state index is -3.59. The molecular weight excluding hydrogens is 572 g/mol. The molecule has 3 aromatic rings. The lowest BCUT2D eigenvalue weighted by Crippen LogP contribution is -2.36. The molecule has 1 aliphatic heterocycles. The van der Waals surface area contributed by atoms with Crippen LogP contribution in [-0.4, -0.2) is 53.7 Å². The first-order valence-electron chi connectivity index (χ1n) is 11.4. The van der Waals surface area contributed by atoms with Gasteiger partial charge < -0.3 is 10.3 Å². The summed E-state index contributed by atoms with van der Waals surface area (Å²) in [6.07, 6.45) is 0.853. The molecule has 0 unspecified atom stereocenters. The molecule has 0 saturated carbocycles. The van der Waals surface area contributed by atoms with Crippen LogP contribution in [0.5, 0.6) is 0 Å². The third kappa shape index (κ3) is 5.59. The van der Waals surface area contributed by atoms with E-state index in [9.17, 15) is 22.8 Å². The van der Waals surface area contributed by atoms with Gasteiger partial charge in [0.2, 0.25) is 5.91 Å². The Kier molecular flexibility index (Phi) is 7.75. The second-order valence-corrected chi connectivity index (χ2v) is 12.4. The van der Waals surface area contributed by atoms with Gasteiger partial charge in [0, 0.05) is 42.1 Å². The molecule has 36 heavy (non-hydrogen) atoms. The van der Waals surface area contributed by atoms with Crippen molar-refractivity contribution in [2.75, 3.05) is 18.8 Å². The SMILES string of the molecule is CCS(=O)(=O)c1ccc(Cl)cc1Cn1c(=O)[nH]c2cc(CN3CC[C@@H](NC(C)=O)C3)c(Br)cc2c1=O. The van der Waals surface area contributed by atoms with E-state index in [4.69, 9.17) is 11.6 Å². The minimum absolute atomic E-state index is 0.0421. The van der Waals surface area contributed by atoms with Gasteiger partial charge in [-0.15, -0.1) is 0 Å². The highest BCUT2D eigenvalue weighted by Crippen LogP contribution is 2.25. The molecule has 192 valence electrons. The summed E-state index contributed by atoms with van der Waals surface area (Å²) in [5.41, 5.74) is 0.379. The molecule has 1 aliphatic rings. The molecule has 1 aromatic heterocycles. The van der Waals surface area contributed by atoms with Crippen molar-refractivity contribution < 1.29 is 13.2 Å². The number of hydrogen-bond donors (Lipinski definition) is 2. The molecule has 0 spiro atoms. The van der Waals surface area contributed by atoms with Crippen molar-refractivity contribution in [3.8, 4) is 0 Å². The molecule has 4 rings (SSSR count). The molecule has 2 heterocycles. The van der Waals surface area contributed by atoms with Crippen molar-refractivity contribution in [1.29, 1.82) is 0 Å². The zero-order valence-electron chi connectivity index (χ0n) is 19.8. The highest BCUT2D eigenvalue weighted by atomic mass is 79.9. The van der Waals surface area contributed by atoms with Gasteiger partial charge in [-0.25, -0.2) is 13.2 Å². The molecule has 1 fully saturated rings. The highest BCUT2D eigenvalue weighted by molar-refractivity contribution is 9.10. The first-order chi connectivity index (χ1) is 17.0. The van der Waals surface area contributed by atoms with Crippen molar-refractivity contribution in [2.24, 2.45) is 0 Å². The number of aromatic nitrogens is 2. The standard InChI is InChI=1S/C24H26BrClN4O5S/c1-3-36(34,35)22-5-4-17(26)8-16(22)12-30-23(32)19-10-20(25)15(9-21(19)28-24(30)33)11-29-7-6-18(13-29)27-14(2)31/h4-5,8-10,18H,3,6-7,11-13H2,1-2H3,(H,27,31)(H,28,33)/t18-/m1/s1. The molecule has 1 saturated heterocycles. The van der Waals surface area contributed by atoms with Crippen LogP contribution in [0.1, 0.15) is 31.4 Å². The topological polar surface area (TPSA) is 121 Å². The lowest BCUT2D eigenvalue weighted by atomic mass is 10.1. The summed E-state index contributed by atoms with van der Waals surface area (Å²) in [5, 5.41) is 3.54. The van der Waals surface area contributed by atoms with Gasteiger partial charge in [0.1, 0.15) is 0 Å². The van der Waals surface area contributed by atoms with E-state index in [0.29, 0.717) is 33.5 Å². The van der Waals surface area contributed by atoms with Crippen LogP contribution in [0.3, 0.4) is 0 Å². The molecule has 1 amide bonds. The number of sulfone groups is 1. The molecule has 9 nitrogen and oxygen atoms in total. The summed E-state index contributed by atoms with van der Waals surface area (Å²) in [4.78, 5) is 42.6. The lowest BCUT2D eigenvalue weighted by molar-refractivity contribution is -0.119. The largest absolute Gasteiger partial charge is 0.352 e. The number of hydrogen-bond acceptors (Lipinski definition) is 6. The molecule has 0 bridgehead atoms. The number of carbonyl (C=O) groups excluding carboxylic acids is 1. The summed E-state index contributed by atoms with van der Waals surface area (Å²) < 4.78 is 26.8. The summed E-state index contributed by atoms with van der Waals surface area (Å²) in [7, 11) is -3.59. The van der Waals surface area contributed by atoms with Crippen molar-refractivity contribution >= 4 is 54.2 Å². The molecule has 12 heteroatoms. The number of halogens is 2. The average Bonchev–Trinajstić information content (AvgIpc) is 3.24. The van der Waals surface area contributed by atoms with Gasteiger partial charge in [-0.05, 0) is 47.9 Å². The molecule has 2 N–H and O–H groups in total. The van der Waals surface area contributed by atoms with E-state index in [1.807, 2.05) is 0 Å². The zero-order chi connectivity index (χ0) is 26.2. The number of fused-ring (bicyclic) bond motifs is 1. The average molecular weight is 598 g/mol. The number of rotatable bonds is 7. The zero-order valence-corrected chi connectivity index (χ0v) is 23.0. The van der Waals surface area contributed by atoms with Crippen LogP contribution in [0.25, 0.3) is 10.9 Å². The van der Waals surface area contributed by atoms with Crippen molar-refractivity contribution in [1.82, 2.24) is 19.8 Å². The van der Waals surface area contributed by atoms with Gasteiger partial charge >= 0.3 is 5.69 Å². The van der Waals surface area contributed by atoms with E-state index in [1.54, 1.807) is 12.1 Å². The quantitative estimate of drug-likeness (QED) is 0.432. The number of likely N-dealkylation sites (tertiary alicyclic amines) is 1. The number of aromatic amines is 1. The van der Waals surface area contributed by atoms with Crippen LogP contribution in [0.2, 0.25) is 5.02 Å². The number of H-pyrrole nitrogens is 1. The Labute approximate surface area is 221 Å². The third-order valence-electron chi connectivity index (χ3n) is 6.29. The molecule has 2 aromatic carbocycles. The Bertz CT molecular complexity index is 1570. The smallest absolute Gasteiger partial charge is 0.329 e. The van der Waals surface area contributed by atoms with E-state index < -0.39 is 21.1 Å². The lowest BCUT2D eigenvalue weighted by Gasteiger charge is -2.18. The van der Waals surface area contributed by atoms with Crippen LogP contribution in [0.4, 0.5) is 0 Å². The summed E-state index contributed by atoms with van der Waals surface area (Å²) >= 11 is 9.64. The molecule has 1 atom stereocenters. The first-order valence-corrected chi connectivity index (χ1v) is 14.3. The van der Waals surface area contributed by atoms with E-state index >= 15 is 0 Å². The second kappa shape index (κ2) is 10.5. The summed E-state index contributed by atoms with van der Waals surface area (Å²) in [6, 6.07) is 7.87. The Hall–Kier alpha value is -2.47. The Morgan fingerprint density at radius 3 is 2.64 bits per heavy atom. The molecule has 0 radical (unpaired) electrons. The van der Waals surface area contributed by atoms with E-state index in [0.717, 1.165) is 23.1 Å². The fraction of sp³-hybridized carbons (Fsp3) is 0.375. The third-order valence-corrected chi connectivity index (χ3v) is 9.09. The predicted octanol–water partition coefficient (Wildman–Crippen LogP) is 2.66. The maximum absolute atomic E-state index is 13.3. The summed E-state index contributed by atoms with van der Waals surface area (Å²) in [5.74, 6) is -0.178. The number of benzene rings is 2. The fourth-order valence-electron chi connectivity index (χ4n) is 4.51. The van der Waals surface area contributed by atoms with Crippen molar-refractivity contribution in [2.45, 2.75) is 44.3 Å². The van der Waals surface area contributed by atoms with Gasteiger partial charge in [-0.3, -0.25) is 19.1 Å². The van der Waals surface area contributed by atoms with Crippen LogP contribution < -0.4 is 16.6 Å². The Morgan fingerprint density at radius 1 is 1.19 bits per heavy atom. The van der Waals surface area contributed by atoms with Crippen molar-refractivity contribution in [3.05, 3.63) is 71.8 Å². The van der Waals surface area contributed by atoms with E-state index in [2.05, 4.69) is 31.1 Å². The highest BCUT2D eigenvalue weighted by Gasteiger charge is 2.24. The maximum atomic E-state index is 13.3. The van der Waals surface area contributed by atoms with Gasteiger partial charge in [0.05, 0.1) is 28.1 Å². The van der Waals surface area contributed by atoms with Gasteiger partial charge in [0.15, 0.2) is 9.84 Å². The van der Waals surface area contributed by atoms with Crippen LogP contribution in [0.15, 0.2) is 49.3 Å². The Morgan fingerprint density at radius 2 is 1.94 bits per heavy atom. The second-order valence-electron chi connectivity index (χ2n) is 8.89. The van der Waals surface area contributed by atoms with E-state index in [1.165, 1.54) is 32.0 Å². The minimum Gasteiger partial charge on any atom is -0.352 e. The number of nitrogens with zero attached hydrogens (tertiary/aromatic N) is 2. The number of nitrogens with one attached hydrogen (secondary N) is 2. The number of amides is 1. The van der Waals surface area contributed by atoms with Crippen LogP contribution in [0, 0.1) is 0 Å². The maximum Gasteiger partial charge on any atom is 0.329 e. The van der Waals surface area contributed by atoms with Crippen LogP contribution in [-0.2, 0) is 27.7 Å².